The zero-order valence-electron chi connectivity index (χ0n) is 11.0. The van der Waals surface area contributed by atoms with E-state index in [4.69, 9.17) is 18.0 Å². The quantitative estimate of drug-likeness (QED) is 0.797. The lowest BCUT2D eigenvalue weighted by Gasteiger charge is -2.28. The molecule has 1 fully saturated rings. The van der Waals surface area contributed by atoms with Crippen LogP contribution in [0.5, 0.6) is 0 Å². The number of thiocarbonyl (C=S) groups is 1. The molecule has 0 aromatic carbocycles. The molecule has 18 heavy (non-hydrogen) atoms. The number of rotatable bonds is 6. The highest BCUT2D eigenvalue weighted by Crippen LogP contribution is 2.23. The Bertz CT molecular complexity index is 395. The first kappa shape index (κ1) is 13.5. The van der Waals surface area contributed by atoms with Crippen LogP contribution < -0.4 is 5.73 Å². The van der Waals surface area contributed by atoms with Gasteiger partial charge in [0, 0.05) is 38.1 Å². The van der Waals surface area contributed by atoms with Crippen LogP contribution in [0.2, 0.25) is 0 Å². The third-order valence-corrected chi connectivity index (χ3v) is 3.88. The standard InChI is InChI=1S/C13H22N4S/c1-11-15-6-7-16(11)8-9-17(10-13(14)18)12-4-2-3-5-12/h6-7,12H,2-5,8-10H2,1H3,(H2,14,18). The molecule has 0 radical (unpaired) electrons. The summed E-state index contributed by atoms with van der Waals surface area (Å²) in [6.45, 7) is 4.74. The molecule has 0 saturated heterocycles. The van der Waals surface area contributed by atoms with Gasteiger partial charge in [-0.15, -0.1) is 0 Å². The molecule has 1 aromatic rings. The number of hydrogen-bond acceptors (Lipinski definition) is 3. The Morgan fingerprint density at radius 3 is 2.83 bits per heavy atom. The molecular formula is C13H22N4S. The average Bonchev–Trinajstić information content (AvgIpc) is 2.95. The molecule has 0 amide bonds. The van der Waals surface area contributed by atoms with E-state index < -0.39 is 0 Å². The summed E-state index contributed by atoms with van der Waals surface area (Å²) >= 11 is 5.06. The van der Waals surface area contributed by atoms with E-state index in [-0.39, 0.29) is 0 Å². The lowest BCUT2D eigenvalue weighted by atomic mass is 10.2. The summed E-state index contributed by atoms with van der Waals surface area (Å²) in [6.07, 6.45) is 9.12. The second kappa shape index (κ2) is 6.29. The molecule has 4 nitrogen and oxygen atoms in total. The van der Waals surface area contributed by atoms with Gasteiger partial charge in [0.1, 0.15) is 5.82 Å². The van der Waals surface area contributed by atoms with Crippen molar-refractivity contribution in [3.8, 4) is 0 Å². The molecule has 1 saturated carbocycles. The fourth-order valence-corrected chi connectivity index (χ4v) is 2.90. The molecule has 0 aliphatic heterocycles. The summed E-state index contributed by atoms with van der Waals surface area (Å²) < 4.78 is 2.18. The molecule has 0 atom stereocenters. The summed E-state index contributed by atoms with van der Waals surface area (Å²) in [4.78, 5) is 7.29. The van der Waals surface area contributed by atoms with Crippen molar-refractivity contribution in [1.29, 1.82) is 0 Å². The van der Waals surface area contributed by atoms with E-state index in [1.54, 1.807) is 0 Å². The first-order valence-corrected chi connectivity index (χ1v) is 7.07. The van der Waals surface area contributed by atoms with Gasteiger partial charge in [-0.25, -0.2) is 4.98 Å². The lowest BCUT2D eigenvalue weighted by molar-refractivity contribution is 0.218. The fraction of sp³-hybridized carbons (Fsp3) is 0.692. The van der Waals surface area contributed by atoms with Crippen molar-refractivity contribution in [3.05, 3.63) is 18.2 Å². The second-order valence-corrected chi connectivity index (χ2v) is 5.57. The van der Waals surface area contributed by atoms with Crippen LogP contribution in [-0.4, -0.2) is 38.6 Å². The van der Waals surface area contributed by atoms with Crippen molar-refractivity contribution in [2.75, 3.05) is 13.1 Å². The van der Waals surface area contributed by atoms with Crippen molar-refractivity contribution >= 4 is 17.2 Å². The zero-order chi connectivity index (χ0) is 13.0. The minimum absolute atomic E-state index is 0.601. The van der Waals surface area contributed by atoms with Crippen LogP contribution >= 0.6 is 12.2 Å². The van der Waals surface area contributed by atoms with Gasteiger partial charge < -0.3 is 10.3 Å². The third kappa shape index (κ3) is 3.53. The number of nitrogens with zero attached hydrogens (tertiary/aromatic N) is 3. The van der Waals surface area contributed by atoms with Crippen molar-refractivity contribution in [2.45, 2.75) is 45.2 Å². The first-order valence-electron chi connectivity index (χ1n) is 6.67. The molecular weight excluding hydrogens is 244 g/mol. The first-order chi connectivity index (χ1) is 8.66. The largest absolute Gasteiger partial charge is 0.392 e. The highest BCUT2D eigenvalue weighted by Gasteiger charge is 2.22. The molecule has 0 bridgehead atoms. The highest BCUT2D eigenvalue weighted by molar-refractivity contribution is 7.80. The molecule has 0 spiro atoms. The van der Waals surface area contributed by atoms with Gasteiger partial charge in [-0.3, -0.25) is 4.90 Å². The van der Waals surface area contributed by atoms with E-state index in [9.17, 15) is 0 Å². The molecule has 1 aliphatic rings. The Morgan fingerprint density at radius 1 is 1.56 bits per heavy atom. The Labute approximate surface area is 114 Å². The van der Waals surface area contributed by atoms with E-state index in [1.807, 2.05) is 19.3 Å². The van der Waals surface area contributed by atoms with Crippen LogP contribution in [0.25, 0.3) is 0 Å². The van der Waals surface area contributed by atoms with Crippen LogP contribution in [0, 0.1) is 6.92 Å². The van der Waals surface area contributed by atoms with E-state index in [0.717, 1.165) is 25.5 Å². The minimum atomic E-state index is 0.601. The third-order valence-electron chi connectivity index (χ3n) is 3.75. The van der Waals surface area contributed by atoms with E-state index in [2.05, 4.69) is 14.5 Å². The van der Waals surface area contributed by atoms with Crippen LogP contribution in [0.4, 0.5) is 0 Å². The molecule has 5 heteroatoms. The van der Waals surface area contributed by atoms with E-state index in [0.29, 0.717) is 11.0 Å². The Hall–Kier alpha value is -0.940. The number of nitrogens with two attached hydrogens (primary N) is 1. The van der Waals surface area contributed by atoms with Gasteiger partial charge in [0.15, 0.2) is 0 Å². The normalized spacial score (nSPS) is 16.6. The molecule has 1 aliphatic carbocycles. The van der Waals surface area contributed by atoms with Gasteiger partial charge in [-0.1, -0.05) is 25.1 Å². The smallest absolute Gasteiger partial charge is 0.105 e. The summed E-state index contributed by atoms with van der Waals surface area (Å²) in [6, 6.07) is 0.662. The number of imidazole rings is 1. The van der Waals surface area contributed by atoms with Crippen molar-refractivity contribution in [3.63, 3.8) is 0 Å². The summed E-state index contributed by atoms with van der Waals surface area (Å²) in [5, 5.41) is 0. The molecule has 0 unspecified atom stereocenters. The van der Waals surface area contributed by atoms with Gasteiger partial charge >= 0.3 is 0 Å². The van der Waals surface area contributed by atoms with Gasteiger partial charge in [0.05, 0.1) is 4.99 Å². The van der Waals surface area contributed by atoms with Crippen LogP contribution in [0.15, 0.2) is 12.4 Å². The van der Waals surface area contributed by atoms with Crippen LogP contribution in [-0.2, 0) is 6.54 Å². The monoisotopic (exact) mass is 266 g/mol. The zero-order valence-corrected chi connectivity index (χ0v) is 11.8. The maximum atomic E-state index is 5.71. The Kier molecular flexibility index (Phi) is 4.72. The van der Waals surface area contributed by atoms with Crippen molar-refractivity contribution in [2.24, 2.45) is 5.73 Å². The van der Waals surface area contributed by atoms with E-state index in [1.165, 1.54) is 25.7 Å². The minimum Gasteiger partial charge on any atom is -0.392 e. The lowest BCUT2D eigenvalue weighted by Crippen LogP contribution is -2.41. The second-order valence-electron chi connectivity index (χ2n) is 5.04. The van der Waals surface area contributed by atoms with Crippen molar-refractivity contribution < 1.29 is 0 Å². The maximum Gasteiger partial charge on any atom is 0.105 e. The molecule has 1 heterocycles. The SMILES string of the molecule is Cc1nccn1CCN(CC(N)=S)C1CCCC1. The number of hydrogen-bond donors (Lipinski definition) is 1. The van der Waals surface area contributed by atoms with Crippen molar-refractivity contribution in [1.82, 2.24) is 14.5 Å². The maximum absolute atomic E-state index is 5.71. The average molecular weight is 266 g/mol. The van der Waals surface area contributed by atoms with E-state index >= 15 is 0 Å². The van der Waals surface area contributed by atoms with Crippen LogP contribution in [0.3, 0.4) is 0 Å². The molecule has 1 aromatic heterocycles. The summed E-state index contributed by atoms with van der Waals surface area (Å²) in [5.74, 6) is 1.07. The fourth-order valence-electron chi connectivity index (χ4n) is 2.74. The number of aryl methyl sites for hydroxylation is 1. The molecule has 2 N–H and O–H groups in total. The van der Waals surface area contributed by atoms with Crippen LogP contribution in [0.1, 0.15) is 31.5 Å². The summed E-state index contributed by atoms with van der Waals surface area (Å²) in [7, 11) is 0. The Morgan fingerprint density at radius 2 is 2.28 bits per heavy atom. The predicted octanol–water partition coefficient (Wildman–Crippen LogP) is 1.72. The molecule has 2 rings (SSSR count). The van der Waals surface area contributed by atoms with Gasteiger partial charge in [0.2, 0.25) is 0 Å². The number of aromatic nitrogens is 2. The predicted molar refractivity (Wildman–Crippen MR) is 77.6 cm³/mol. The summed E-state index contributed by atoms with van der Waals surface area (Å²) in [5.41, 5.74) is 5.71. The van der Waals surface area contributed by atoms with Gasteiger partial charge in [-0.05, 0) is 19.8 Å². The molecule has 100 valence electrons. The van der Waals surface area contributed by atoms with Gasteiger partial charge in [0.25, 0.3) is 0 Å². The Balaban J connectivity index is 1.92. The topological polar surface area (TPSA) is 47.1 Å². The van der Waals surface area contributed by atoms with Gasteiger partial charge in [-0.2, -0.15) is 0 Å². The highest BCUT2D eigenvalue weighted by atomic mass is 32.1.